The molecule has 1 N–H and O–H groups in total. The molecule has 6 heteroatoms. The first kappa shape index (κ1) is 16.7. The number of unbranched alkanes of at least 4 members (excludes halogenated alkanes) is 1. The monoisotopic (exact) mass is 322 g/mol. The van der Waals surface area contributed by atoms with Crippen molar-refractivity contribution in [3.8, 4) is 0 Å². The van der Waals surface area contributed by atoms with E-state index in [1.807, 2.05) is 12.2 Å². The normalized spacial score (nSPS) is 18.5. The van der Waals surface area contributed by atoms with Gasteiger partial charge in [-0.05, 0) is 30.7 Å². The van der Waals surface area contributed by atoms with E-state index in [4.69, 9.17) is 0 Å². The summed E-state index contributed by atoms with van der Waals surface area (Å²) in [5, 5.41) is 2.63. The summed E-state index contributed by atoms with van der Waals surface area (Å²) in [6, 6.07) is 6.24. The van der Waals surface area contributed by atoms with Crippen molar-refractivity contribution in [2.24, 2.45) is 0 Å². The van der Waals surface area contributed by atoms with Gasteiger partial charge in [0, 0.05) is 25.2 Å². The summed E-state index contributed by atoms with van der Waals surface area (Å²) < 4.78 is 27.0. The quantitative estimate of drug-likeness (QED) is 0.819. The number of nitrogens with zero attached hydrogens (tertiary/aromatic N) is 1. The lowest BCUT2D eigenvalue weighted by Gasteiger charge is -2.24. The minimum absolute atomic E-state index is 0.0556. The number of sulfonamides is 1. The number of hydrogen-bond acceptors (Lipinski definition) is 3. The molecule has 5 nitrogen and oxygen atoms in total. The Morgan fingerprint density at radius 3 is 2.59 bits per heavy atom. The summed E-state index contributed by atoms with van der Waals surface area (Å²) in [7, 11) is -3.51. The second-order valence-corrected chi connectivity index (χ2v) is 7.31. The van der Waals surface area contributed by atoms with E-state index < -0.39 is 10.0 Å². The van der Waals surface area contributed by atoms with Gasteiger partial charge in [-0.15, -0.1) is 0 Å². The Hall–Kier alpha value is -1.66. The van der Waals surface area contributed by atoms with Crippen molar-refractivity contribution >= 4 is 21.6 Å². The Labute approximate surface area is 132 Å². The molecular formula is C16H22N2O3S. The average molecular weight is 322 g/mol. The fourth-order valence-corrected chi connectivity index (χ4v) is 4.10. The molecule has 1 aromatic carbocycles. The molecule has 0 saturated heterocycles. The van der Waals surface area contributed by atoms with E-state index in [-0.39, 0.29) is 16.8 Å². The highest BCUT2D eigenvalue weighted by Gasteiger charge is 2.31. The van der Waals surface area contributed by atoms with Crippen molar-refractivity contribution in [1.82, 2.24) is 4.31 Å². The fourth-order valence-electron chi connectivity index (χ4n) is 2.53. The van der Waals surface area contributed by atoms with Crippen molar-refractivity contribution in [1.29, 1.82) is 0 Å². The first-order valence-electron chi connectivity index (χ1n) is 7.51. The molecule has 0 bridgehead atoms. The molecule has 0 fully saturated rings. The molecule has 0 saturated carbocycles. The summed E-state index contributed by atoms with van der Waals surface area (Å²) >= 11 is 0. The van der Waals surface area contributed by atoms with Gasteiger partial charge in [-0.3, -0.25) is 4.79 Å². The Kier molecular flexibility index (Phi) is 5.37. The topological polar surface area (TPSA) is 66.5 Å². The van der Waals surface area contributed by atoms with Gasteiger partial charge >= 0.3 is 0 Å². The van der Waals surface area contributed by atoms with Crippen LogP contribution in [0.15, 0.2) is 41.3 Å². The van der Waals surface area contributed by atoms with E-state index in [9.17, 15) is 13.2 Å². The van der Waals surface area contributed by atoms with Gasteiger partial charge in [0.2, 0.25) is 15.9 Å². The van der Waals surface area contributed by atoms with Crippen LogP contribution in [0.3, 0.4) is 0 Å². The van der Waals surface area contributed by atoms with Gasteiger partial charge in [0.15, 0.2) is 0 Å². The fraction of sp³-hybridized carbons (Fsp3) is 0.438. The van der Waals surface area contributed by atoms with Crippen molar-refractivity contribution in [2.75, 3.05) is 11.9 Å². The highest BCUT2D eigenvalue weighted by Crippen LogP contribution is 2.25. The van der Waals surface area contributed by atoms with Gasteiger partial charge in [0.05, 0.1) is 4.90 Å². The molecule has 1 aliphatic rings. The first-order chi connectivity index (χ1) is 10.4. The number of rotatable bonds is 6. The lowest BCUT2D eigenvalue weighted by Crippen LogP contribution is -2.36. The summed E-state index contributed by atoms with van der Waals surface area (Å²) in [6.45, 7) is 3.93. The molecule has 22 heavy (non-hydrogen) atoms. The molecule has 1 heterocycles. The van der Waals surface area contributed by atoms with Gasteiger partial charge in [-0.2, -0.15) is 4.31 Å². The number of hydrogen-bond donors (Lipinski definition) is 1. The number of benzene rings is 1. The lowest BCUT2D eigenvalue weighted by molar-refractivity contribution is -0.114. The van der Waals surface area contributed by atoms with E-state index in [0.717, 1.165) is 19.3 Å². The molecule has 0 spiro atoms. The Balaban J connectivity index is 2.17. The number of anilines is 1. The van der Waals surface area contributed by atoms with Crippen LogP contribution in [0.25, 0.3) is 0 Å². The SMILES string of the molecule is CCCCC1C=CCN1S(=O)(=O)c1ccc(NC(C)=O)cc1. The van der Waals surface area contributed by atoms with Crippen LogP contribution in [0.1, 0.15) is 33.1 Å². The maximum absolute atomic E-state index is 12.7. The molecule has 1 amide bonds. The standard InChI is InChI=1S/C16H22N2O3S/c1-3-4-6-15-7-5-12-18(15)22(20,21)16-10-8-14(9-11-16)17-13(2)19/h5,7-11,15H,3-4,6,12H2,1-2H3,(H,17,19). The van der Waals surface area contributed by atoms with Crippen LogP contribution in [-0.4, -0.2) is 31.2 Å². The highest BCUT2D eigenvalue weighted by atomic mass is 32.2. The van der Waals surface area contributed by atoms with E-state index in [2.05, 4.69) is 12.2 Å². The largest absolute Gasteiger partial charge is 0.326 e. The molecule has 1 aromatic rings. The van der Waals surface area contributed by atoms with Crippen molar-refractivity contribution in [3.05, 3.63) is 36.4 Å². The lowest BCUT2D eigenvalue weighted by atomic mass is 10.1. The second kappa shape index (κ2) is 7.07. The summed E-state index contributed by atoms with van der Waals surface area (Å²) in [6.07, 6.45) is 6.77. The number of carbonyl (C=O) groups is 1. The third kappa shape index (κ3) is 3.75. The smallest absolute Gasteiger partial charge is 0.243 e. The van der Waals surface area contributed by atoms with Crippen LogP contribution < -0.4 is 5.32 Å². The predicted molar refractivity (Wildman–Crippen MR) is 87.1 cm³/mol. The predicted octanol–water partition coefficient (Wildman–Crippen LogP) is 2.76. The van der Waals surface area contributed by atoms with Crippen LogP contribution in [0.2, 0.25) is 0 Å². The Morgan fingerprint density at radius 2 is 2.00 bits per heavy atom. The number of carbonyl (C=O) groups excluding carboxylic acids is 1. The van der Waals surface area contributed by atoms with Gasteiger partial charge in [-0.1, -0.05) is 31.9 Å². The Bertz CT molecular complexity index is 650. The summed E-state index contributed by atoms with van der Waals surface area (Å²) in [5.41, 5.74) is 0.591. The average Bonchev–Trinajstić information content (AvgIpc) is 2.94. The molecule has 2 rings (SSSR count). The van der Waals surface area contributed by atoms with E-state index in [1.54, 1.807) is 12.1 Å². The number of nitrogens with one attached hydrogen (secondary N) is 1. The molecule has 1 aliphatic heterocycles. The summed E-state index contributed by atoms with van der Waals surface area (Å²) in [4.78, 5) is 11.3. The van der Waals surface area contributed by atoms with E-state index >= 15 is 0 Å². The van der Waals surface area contributed by atoms with Crippen LogP contribution in [0.4, 0.5) is 5.69 Å². The van der Waals surface area contributed by atoms with Crippen LogP contribution in [0, 0.1) is 0 Å². The molecule has 1 unspecified atom stereocenters. The van der Waals surface area contributed by atoms with E-state index in [1.165, 1.54) is 23.4 Å². The highest BCUT2D eigenvalue weighted by molar-refractivity contribution is 7.89. The summed E-state index contributed by atoms with van der Waals surface area (Å²) in [5.74, 6) is -0.182. The van der Waals surface area contributed by atoms with Crippen LogP contribution in [0.5, 0.6) is 0 Å². The van der Waals surface area contributed by atoms with Crippen molar-refractivity contribution in [3.63, 3.8) is 0 Å². The molecule has 120 valence electrons. The van der Waals surface area contributed by atoms with Crippen LogP contribution >= 0.6 is 0 Å². The zero-order valence-corrected chi connectivity index (χ0v) is 13.8. The molecule has 0 aliphatic carbocycles. The maximum atomic E-state index is 12.7. The molecule has 0 radical (unpaired) electrons. The second-order valence-electron chi connectivity index (χ2n) is 5.42. The van der Waals surface area contributed by atoms with Gasteiger partial charge < -0.3 is 5.32 Å². The first-order valence-corrected chi connectivity index (χ1v) is 8.95. The minimum Gasteiger partial charge on any atom is -0.326 e. The molecular weight excluding hydrogens is 300 g/mol. The van der Waals surface area contributed by atoms with Crippen LogP contribution in [-0.2, 0) is 14.8 Å². The van der Waals surface area contributed by atoms with Gasteiger partial charge in [0.1, 0.15) is 0 Å². The van der Waals surface area contributed by atoms with E-state index in [0.29, 0.717) is 12.2 Å². The number of amides is 1. The molecule has 0 aromatic heterocycles. The zero-order valence-electron chi connectivity index (χ0n) is 13.0. The van der Waals surface area contributed by atoms with Crippen molar-refractivity contribution in [2.45, 2.75) is 44.0 Å². The molecule has 1 atom stereocenters. The van der Waals surface area contributed by atoms with Gasteiger partial charge in [0.25, 0.3) is 0 Å². The third-order valence-electron chi connectivity index (χ3n) is 3.65. The third-order valence-corrected chi connectivity index (χ3v) is 5.55. The zero-order chi connectivity index (χ0) is 16.2. The maximum Gasteiger partial charge on any atom is 0.243 e. The van der Waals surface area contributed by atoms with Crippen molar-refractivity contribution < 1.29 is 13.2 Å². The van der Waals surface area contributed by atoms with Gasteiger partial charge in [-0.25, -0.2) is 8.42 Å². The Morgan fingerprint density at radius 1 is 1.32 bits per heavy atom. The minimum atomic E-state index is -3.51.